The highest BCUT2D eigenvalue weighted by Gasteiger charge is 2.42. The van der Waals surface area contributed by atoms with E-state index >= 15 is 0 Å². The summed E-state index contributed by atoms with van der Waals surface area (Å²) in [5.74, 6) is 0.696. The van der Waals surface area contributed by atoms with E-state index in [0.29, 0.717) is 5.92 Å². The van der Waals surface area contributed by atoms with Crippen LogP contribution in [0.15, 0.2) is 0 Å². The summed E-state index contributed by atoms with van der Waals surface area (Å²) in [6.45, 7) is 6.71. The van der Waals surface area contributed by atoms with Crippen molar-refractivity contribution >= 4 is 15.9 Å². The summed E-state index contributed by atoms with van der Waals surface area (Å²) in [5.41, 5.74) is 0.161. The van der Waals surface area contributed by atoms with Gasteiger partial charge in [-0.2, -0.15) is 0 Å². The van der Waals surface area contributed by atoms with Gasteiger partial charge in [0, 0.05) is 0 Å². The van der Waals surface area contributed by atoms with E-state index < -0.39 is 0 Å². The average molecular weight is 221 g/mol. The van der Waals surface area contributed by atoms with Crippen LogP contribution in [0.3, 0.4) is 0 Å². The fraction of sp³-hybridized carbons (Fsp3) is 1.00. The molecular weight excluding hydrogens is 204 g/mol. The third-order valence-electron chi connectivity index (χ3n) is 3.00. The normalized spacial score (nSPS) is 36.0. The van der Waals surface area contributed by atoms with Gasteiger partial charge >= 0.3 is 0 Å². The van der Waals surface area contributed by atoms with Crippen LogP contribution in [0.2, 0.25) is 0 Å². The van der Waals surface area contributed by atoms with E-state index in [1.807, 2.05) is 0 Å². The van der Waals surface area contributed by atoms with Gasteiger partial charge in [0.1, 0.15) is 5.01 Å². The van der Waals surface area contributed by atoms with E-state index in [1.165, 1.54) is 0 Å². The molecule has 0 spiro atoms. The number of ether oxygens (including phenoxy) is 1. The molecule has 0 bridgehead atoms. The minimum Gasteiger partial charge on any atom is -0.360 e. The van der Waals surface area contributed by atoms with Gasteiger partial charge in [0.05, 0.1) is 5.60 Å². The summed E-state index contributed by atoms with van der Waals surface area (Å²) in [6.07, 6.45) is 3.42. The summed E-state index contributed by atoms with van der Waals surface area (Å²) >= 11 is 3.51. The largest absolute Gasteiger partial charge is 0.360 e. The Hall–Kier alpha value is 0.440. The van der Waals surface area contributed by atoms with Crippen LogP contribution in [0.1, 0.15) is 40.0 Å². The predicted octanol–water partition coefficient (Wildman–Crippen LogP) is 3.32. The van der Waals surface area contributed by atoms with Crippen LogP contribution in [0.4, 0.5) is 0 Å². The highest BCUT2D eigenvalue weighted by atomic mass is 79.9. The van der Waals surface area contributed by atoms with Crippen molar-refractivity contribution in [2.75, 3.05) is 0 Å². The molecular formula is C9H17BrO. The standard InChI is InChI=1S/C9H17BrO/c1-4-9(5-2)7(3)6-8(10)11-9/h7-8H,4-6H2,1-3H3/t7-,8+/m0/s1. The number of hydrogen-bond acceptors (Lipinski definition) is 1. The Morgan fingerprint density at radius 3 is 2.18 bits per heavy atom. The van der Waals surface area contributed by atoms with Crippen LogP contribution in [0, 0.1) is 5.92 Å². The Labute approximate surface area is 77.6 Å². The van der Waals surface area contributed by atoms with Gasteiger partial charge < -0.3 is 4.74 Å². The van der Waals surface area contributed by atoms with Crippen molar-refractivity contribution in [2.45, 2.75) is 50.6 Å². The molecule has 2 heteroatoms. The molecule has 1 nitrogen and oxygen atoms in total. The molecule has 0 N–H and O–H groups in total. The summed E-state index contributed by atoms with van der Waals surface area (Å²) in [7, 11) is 0. The minimum absolute atomic E-state index is 0.161. The molecule has 0 aromatic rings. The zero-order valence-corrected chi connectivity index (χ0v) is 9.15. The van der Waals surface area contributed by atoms with E-state index in [1.54, 1.807) is 0 Å². The number of hydrogen-bond donors (Lipinski definition) is 0. The number of alkyl halides is 1. The predicted molar refractivity (Wildman–Crippen MR) is 50.9 cm³/mol. The first-order chi connectivity index (χ1) is 5.14. The summed E-state index contributed by atoms with van der Waals surface area (Å²) in [4.78, 5) is 0. The second-order valence-corrected chi connectivity index (χ2v) is 4.46. The first-order valence-electron chi connectivity index (χ1n) is 4.46. The molecule has 0 aromatic carbocycles. The van der Waals surface area contributed by atoms with Crippen LogP contribution < -0.4 is 0 Å². The molecule has 0 unspecified atom stereocenters. The van der Waals surface area contributed by atoms with Crippen LogP contribution in [-0.2, 0) is 4.74 Å². The molecule has 1 heterocycles. The highest BCUT2D eigenvalue weighted by molar-refractivity contribution is 9.09. The Balaban J connectivity index is 2.67. The zero-order valence-electron chi connectivity index (χ0n) is 7.56. The molecule has 0 amide bonds. The van der Waals surface area contributed by atoms with Gasteiger partial charge in [0.25, 0.3) is 0 Å². The van der Waals surface area contributed by atoms with Crippen LogP contribution >= 0.6 is 15.9 Å². The lowest BCUT2D eigenvalue weighted by molar-refractivity contribution is -0.0326. The third kappa shape index (κ3) is 1.62. The fourth-order valence-electron chi connectivity index (χ4n) is 2.03. The van der Waals surface area contributed by atoms with Gasteiger partial charge in [-0.1, -0.05) is 36.7 Å². The molecule has 1 rings (SSSR count). The van der Waals surface area contributed by atoms with Gasteiger partial charge in [-0.3, -0.25) is 0 Å². The molecule has 1 saturated heterocycles. The second-order valence-electron chi connectivity index (χ2n) is 3.44. The van der Waals surface area contributed by atoms with Crippen molar-refractivity contribution in [1.29, 1.82) is 0 Å². The van der Waals surface area contributed by atoms with Gasteiger partial charge in [0.2, 0.25) is 0 Å². The van der Waals surface area contributed by atoms with Crippen molar-refractivity contribution in [3.8, 4) is 0 Å². The lowest BCUT2D eigenvalue weighted by Gasteiger charge is -2.30. The molecule has 1 aliphatic heterocycles. The maximum Gasteiger partial charge on any atom is 0.113 e. The molecule has 1 fully saturated rings. The van der Waals surface area contributed by atoms with Crippen molar-refractivity contribution in [2.24, 2.45) is 5.92 Å². The molecule has 11 heavy (non-hydrogen) atoms. The van der Waals surface area contributed by atoms with E-state index in [0.717, 1.165) is 19.3 Å². The van der Waals surface area contributed by atoms with Gasteiger partial charge in [-0.15, -0.1) is 0 Å². The lowest BCUT2D eigenvalue weighted by Crippen LogP contribution is -2.32. The van der Waals surface area contributed by atoms with E-state index in [9.17, 15) is 0 Å². The Bertz CT molecular complexity index is 132. The third-order valence-corrected chi connectivity index (χ3v) is 3.56. The van der Waals surface area contributed by atoms with E-state index in [-0.39, 0.29) is 10.6 Å². The topological polar surface area (TPSA) is 9.23 Å². The highest BCUT2D eigenvalue weighted by Crippen LogP contribution is 2.42. The Morgan fingerprint density at radius 1 is 1.45 bits per heavy atom. The van der Waals surface area contributed by atoms with Gasteiger partial charge in [-0.25, -0.2) is 0 Å². The maximum absolute atomic E-state index is 5.88. The minimum atomic E-state index is 0.161. The SMILES string of the molecule is CCC1(CC)O[C@@H](Br)C[C@@H]1C. The molecule has 0 aromatic heterocycles. The zero-order chi connectivity index (χ0) is 8.48. The summed E-state index contributed by atoms with van der Waals surface area (Å²) < 4.78 is 5.88. The Morgan fingerprint density at radius 2 is 2.00 bits per heavy atom. The monoisotopic (exact) mass is 220 g/mol. The molecule has 66 valence electrons. The molecule has 0 radical (unpaired) electrons. The maximum atomic E-state index is 5.88. The second kappa shape index (κ2) is 3.44. The number of halogens is 1. The van der Waals surface area contributed by atoms with Crippen LogP contribution in [-0.4, -0.2) is 10.6 Å². The fourth-order valence-corrected chi connectivity index (χ4v) is 2.96. The molecule has 2 atom stereocenters. The lowest BCUT2D eigenvalue weighted by atomic mass is 9.84. The summed E-state index contributed by atoms with van der Waals surface area (Å²) in [6, 6.07) is 0. The van der Waals surface area contributed by atoms with E-state index in [2.05, 4.69) is 36.7 Å². The van der Waals surface area contributed by atoms with Gasteiger partial charge in [-0.05, 0) is 25.2 Å². The average Bonchev–Trinajstić information content (AvgIpc) is 2.27. The molecule has 1 aliphatic rings. The van der Waals surface area contributed by atoms with Crippen molar-refractivity contribution in [3.63, 3.8) is 0 Å². The smallest absolute Gasteiger partial charge is 0.113 e. The first kappa shape index (κ1) is 9.53. The van der Waals surface area contributed by atoms with Crippen LogP contribution in [0.5, 0.6) is 0 Å². The van der Waals surface area contributed by atoms with Crippen molar-refractivity contribution < 1.29 is 4.74 Å². The van der Waals surface area contributed by atoms with Gasteiger partial charge in [0.15, 0.2) is 0 Å². The van der Waals surface area contributed by atoms with Crippen molar-refractivity contribution in [3.05, 3.63) is 0 Å². The molecule has 0 aliphatic carbocycles. The quantitative estimate of drug-likeness (QED) is 0.650. The summed E-state index contributed by atoms with van der Waals surface area (Å²) in [5, 5.41) is 0.289. The van der Waals surface area contributed by atoms with Crippen molar-refractivity contribution in [1.82, 2.24) is 0 Å². The van der Waals surface area contributed by atoms with Crippen LogP contribution in [0.25, 0.3) is 0 Å². The number of rotatable bonds is 2. The Kier molecular flexibility index (Phi) is 2.98. The molecule has 0 saturated carbocycles. The first-order valence-corrected chi connectivity index (χ1v) is 5.38. The van der Waals surface area contributed by atoms with E-state index in [4.69, 9.17) is 4.74 Å².